The van der Waals surface area contributed by atoms with Crippen LogP contribution in [0.4, 0.5) is 0 Å². The highest BCUT2D eigenvalue weighted by Gasteiger charge is 2.49. The maximum absolute atomic E-state index is 9.32. The zero-order chi connectivity index (χ0) is 19.1. The van der Waals surface area contributed by atoms with Crippen LogP contribution in [0.15, 0.2) is 51.2 Å². The fourth-order valence-electron chi connectivity index (χ4n) is 3.06. The van der Waals surface area contributed by atoms with Crippen LogP contribution in [0.5, 0.6) is 0 Å². The topological polar surface area (TPSA) is 88.0 Å². The first kappa shape index (κ1) is 17.7. The number of thioether (sulfide) groups is 2. The molecule has 0 unspecified atom stereocenters. The highest BCUT2D eigenvalue weighted by atomic mass is 35.5. The third kappa shape index (κ3) is 3.20. The summed E-state index contributed by atoms with van der Waals surface area (Å²) in [7, 11) is 0. The number of hydrogen-bond donors (Lipinski definition) is 0. The van der Waals surface area contributed by atoms with Crippen molar-refractivity contribution in [2.24, 2.45) is 4.99 Å². The van der Waals surface area contributed by atoms with E-state index >= 15 is 0 Å². The van der Waals surface area contributed by atoms with Gasteiger partial charge in [0.2, 0.25) is 5.89 Å². The van der Waals surface area contributed by atoms with Crippen LogP contribution in [0.3, 0.4) is 0 Å². The van der Waals surface area contributed by atoms with Crippen LogP contribution in [0.2, 0.25) is 5.02 Å². The third-order valence-electron chi connectivity index (χ3n) is 4.67. The van der Waals surface area contributed by atoms with Crippen molar-refractivity contribution in [1.29, 1.82) is 5.26 Å². The monoisotopic (exact) mass is 425 g/mol. The molecule has 3 heterocycles. The molecule has 0 radical (unpaired) electrons. The standard InChI is InChI=1S/C19H12ClN5OS2/c20-13-2-1-11(12(7-13)9-21)10-27-18-23-19(3-4-19)14-8-15(16-22-5-6-26-16)24-25-17(14)28-18/h1-2,5-8H,3-4,10H2. The second-order valence-corrected chi connectivity index (χ2v) is 9.14. The van der Waals surface area contributed by atoms with Crippen LogP contribution < -0.4 is 0 Å². The van der Waals surface area contributed by atoms with E-state index in [2.05, 4.69) is 21.3 Å². The van der Waals surface area contributed by atoms with Crippen molar-refractivity contribution >= 4 is 39.5 Å². The summed E-state index contributed by atoms with van der Waals surface area (Å²) < 4.78 is 6.29. The number of aromatic nitrogens is 3. The summed E-state index contributed by atoms with van der Waals surface area (Å²) in [6.45, 7) is 0. The Morgan fingerprint density at radius 2 is 2.18 bits per heavy atom. The number of hydrogen-bond acceptors (Lipinski definition) is 8. The van der Waals surface area contributed by atoms with E-state index in [9.17, 15) is 5.26 Å². The van der Waals surface area contributed by atoms with Crippen molar-refractivity contribution in [3.05, 3.63) is 58.4 Å². The first-order valence-corrected chi connectivity index (χ1v) is 10.7. The molecule has 0 amide bonds. The molecule has 1 aliphatic heterocycles. The van der Waals surface area contributed by atoms with Gasteiger partial charge >= 0.3 is 0 Å². The molecule has 28 heavy (non-hydrogen) atoms. The average Bonchev–Trinajstić information content (AvgIpc) is 3.26. The lowest BCUT2D eigenvalue weighted by molar-refractivity contribution is 0.568. The zero-order valence-electron chi connectivity index (χ0n) is 14.4. The Hall–Kier alpha value is -2.34. The van der Waals surface area contributed by atoms with Gasteiger partial charge in [0.1, 0.15) is 21.4 Å². The van der Waals surface area contributed by atoms with Gasteiger partial charge in [-0.05, 0) is 48.4 Å². The second-order valence-electron chi connectivity index (χ2n) is 6.50. The molecule has 1 saturated carbocycles. The Kier molecular flexibility index (Phi) is 4.38. The maximum Gasteiger partial charge on any atom is 0.246 e. The molecule has 1 spiro atoms. The zero-order valence-corrected chi connectivity index (χ0v) is 16.8. The molecule has 0 saturated heterocycles. The lowest BCUT2D eigenvalue weighted by Gasteiger charge is -2.21. The quantitative estimate of drug-likeness (QED) is 0.580. The van der Waals surface area contributed by atoms with Gasteiger partial charge in [0.25, 0.3) is 0 Å². The molecule has 0 bridgehead atoms. The van der Waals surface area contributed by atoms with Gasteiger partial charge in [0.15, 0.2) is 0 Å². The summed E-state index contributed by atoms with van der Waals surface area (Å²) in [6, 6.07) is 9.59. The van der Waals surface area contributed by atoms with Crippen LogP contribution in [-0.2, 0) is 11.3 Å². The van der Waals surface area contributed by atoms with Crippen molar-refractivity contribution < 1.29 is 4.42 Å². The van der Waals surface area contributed by atoms with E-state index in [1.807, 2.05) is 18.2 Å². The summed E-state index contributed by atoms with van der Waals surface area (Å²) in [5.74, 6) is 1.12. The normalized spacial score (nSPS) is 16.4. The average molecular weight is 426 g/mol. The van der Waals surface area contributed by atoms with Gasteiger partial charge < -0.3 is 4.42 Å². The SMILES string of the molecule is N#Cc1cc(Cl)ccc1CSC1=NC2(CC2)c2cc(-c3ncco3)nnc2S1. The van der Waals surface area contributed by atoms with Crippen molar-refractivity contribution in [2.45, 2.75) is 29.2 Å². The first-order valence-electron chi connectivity index (χ1n) is 8.54. The van der Waals surface area contributed by atoms with Gasteiger partial charge in [-0.1, -0.05) is 29.4 Å². The molecular weight excluding hydrogens is 414 g/mol. The fourth-order valence-corrected chi connectivity index (χ4v) is 5.48. The molecule has 2 aliphatic rings. The Morgan fingerprint density at radius 1 is 1.29 bits per heavy atom. The summed E-state index contributed by atoms with van der Waals surface area (Å²) in [5, 5.41) is 19.4. The van der Waals surface area contributed by atoms with Gasteiger partial charge in [-0.2, -0.15) is 5.26 Å². The van der Waals surface area contributed by atoms with Gasteiger partial charge in [0.05, 0.1) is 23.4 Å². The molecule has 1 aromatic carbocycles. The summed E-state index contributed by atoms with van der Waals surface area (Å²) in [4.78, 5) is 9.14. The van der Waals surface area contributed by atoms with Crippen molar-refractivity contribution in [2.75, 3.05) is 0 Å². The Morgan fingerprint density at radius 3 is 2.93 bits per heavy atom. The number of nitriles is 1. The number of fused-ring (bicyclic) bond motifs is 2. The van der Waals surface area contributed by atoms with Gasteiger partial charge in [-0.25, -0.2) is 4.98 Å². The first-order chi connectivity index (χ1) is 13.7. The molecular formula is C19H12ClN5OS2. The lowest BCUT2D eigenvalue weighted by Crippen LogP contribution is -2.14. The van der Waals surface area contributed by atoms with E-state index in [4.69, 9.17) is 21.0 Å². The van der Waals surface area contributed by atoms with E-state index < -0.39 is 0 Å². The highest BCUT2D eigenvalue weighted by Crippen LogP contribution is 2.56. The van der Waals surface area contributed by atoms with Crippen LogP contribution in [-0.4, -0.2) is 19.6 Å². The maximum atomic E-state index is 9.32. The van der Waals surface area contributed by atoms with Crippen LogP contribution >= 0.6 is 35.1 Å². The molecule has 1 aliphatic carbocycles. The largest absolute Gasteiger partial charge is 0.443 e. The van der Waals surface area contributed by atoms with Gasteiger partial charge in [0, 0.05) is 16.3 Å². The van der Waals surface area contributed by atoms with Crippen molar-refractivity contribution in [3.63, 3.8) is 0 Å². The Labute approximate surface area is 174 Å². The summed E-state index contributed by atoms with van der Waals surface area (Å²) >= 11 is 9.12. The van der Waals surface area contributed by atoms with E-state index in [0.29, 0.717) is 27.9 Å². The second kappa shape index (κ2) is 6.92. The number of halogens is 1. The smallest absolute Gasteiger partial charge is 0.246 e. The van der Waals surface area contributed by atoms with E-state index in [1.165, 1.54) is 18.0 Å². The molecule has 2 aromatic heterocycles. The van der Waals surface area contributed by atoms with Crippen LogP contribution in [0, 0.1) is 11.3 Å². The molecule has 6 nitrogen and oxygen atoms in total. The number of nitrogens with zero attached hydrogens (tertiary/aromatic N) is 5. The molecule has 5 rings (SSSR count). The molecule has 138 valence electrons. The van der Waals surface area contributed by atoms with E-state index in [-0.39, 0.29) is 5.54 Å². The minimum absolute atomic E-state index is 0.210. The van der Waals surface area contributed by atoms with Gasteiger partial charge in [-0.15, -0.1) is 10.2 Å². The summed E-state index contributed by atoms with van der Waals surface area (Å²) in [6.07, 6.45) is 5.10. The van der Waals surface area contributed by atoms with Crippen LogP contribution in [0.25, 0.3) is 11.6 Å². The molecule has 1 fully saturated rings. The minimum atomic E-state index is -0.210. The number of rotatable bonds is 3. The number of oxazole rings is 1. The third-order valence-corrected chi connectivity index (χ3v) is 7.06. The summed E-state index contributed by atoms with van der Waals surface area (Å²) in [5.41, 5.74) is 3.05. The molecule has 3 aromatic rings. The number of aliphatic imine (C=N–C) groups is 1. The van der Waals surface area contributed by atoms with Crippen LogP contribution in [0.1, 0.15) is 29.5 Å². The Bertz CT molecular complexity index is 1140. The fraction of sp³-hybridized carbons (Fsp3) is 0.211. The van der Waals surface area contributed by atoms with Gasteiger partial charge in [-0.3, -0.25) is 4.99 Å². The highest BCUT2D eigenvalue weighted by molar-refractivity contribution is 8.38. The van der Waals surface area contributed by atoms with E-state index in [0.717, 1.165) is 33.4 Å². The Balaban J connectivity index is 1.40. The predicted octanol–water partition coefficient (Wildman–Crippen LogP) is 5.04. The van der Waals surface area contributed by atoms with Crippen molar-refractivity contribution in [1.82, 2.24) is 15.2 Å². The van der Waals surface area contributed by atoms with Crippen molar-refractivity contribution in [3.8, 4) is 17.7 Å². The molecule has 0 N–H and O–H groups in total. The minimum Gasteiger partial charge on any atom is -0.443 e. The lowest BCUT2D eigenvalue weighted by atomic mass is 10.1. The molecule has 0 atom stereocenters. The number of benzene rings is 1. The predicted molar refractivity (Wildman–Crippen MR) is 109 cm³/mol. The van der Waals surface area contributed by atoms with E-state index in [1.54, 1.807) is 24.0 Å². The molecule has 9 heteroatoms.